The predicted molar refractivity (Wildman–Crippen MR) is 65.3 cm³/mol. The van der Waals surface area contributed by atoms with Gasteiger partial charge in [0.25, 0.3) is 0 Å². The number of hydrogen-bond donors (Lipinski definition) is 0. The lowest BCUT2D eigenvalue weighted by Crippen LogP contribution is -1.89. The molecule has 1 rings (SSSR count). The van der Waals surface area contributed by atoms with Gasteiger partial charge in [0.1, 0.15) is 0 Å². The molecule has 0 bridgehead atoms. The minimum atomic E-state index is 0.554. The molecule has 2 nitrogen and oxygen atoms in total. The molecule has 0 fully saturated rings. The molecule has 1 heterocycles. The van der Waals surface area contributed by atoms with Crippen molar-refractivity contribution in [3.63, 3.8) is 0 Å². The summed E-state index contributed by atoms with van der Waals surface area (Å²) in [6, 6.07) is 3.81. The highest BCUT2D eigenvalue weighted by molar-refractivity contribution is 7.98. The molecule has 0 aliphatic carbocycles. The zero-order chi connectivity index (χ0) is 11.1. The van der Waals surface area contributed by atoms with Gasteiger partial charge in [-0.05, 0) is 18.2 Å². The number of unbranched alkanes of at least 4 members (excludes halogenated alkanes) is 1. The molecule has 0 N–H and O–H groups in total. The van der Waals surface area contributed by atoms with E-state index in [-0.39, 0.29) is 0 Å². The summed E-state index contributed by atoms with van der Waals surface area (Å²) in [5.41, 5.74) is 0.850. The van der Waals surface area contributed by atoms with Gasteiger partial charge < -0.3 is 0 Å². The van der Waals surface area contributed by atoms with Gasteiger partial charge in [-0.2, -0.15) is 17.0 Å². The van der Waals surface area contributed by atoms with Gasteiger partial charge in [-0.3, -0.25) is 4.98 Å². The van der Waals surface area contributed by atoms with Crippen LogP contribution in [-0.4, -0.2) is 10.7 Å². The maximum absolute atomic E-state index is 8.35. The first-order valence-corrected chi connectivity index (χ1v) is 6.39. The number of halogens is 2. The van der Waals surface area contributed by atoms with Crippen molar-refractivity contribution >= 4 is 35.0 Å². The van der Waals surface area contributed by atoms with Gasteiger partial charge in [0.15, 0.2) is 0 Å². The first-order chi connectivity index (χ1) is 7.24. The molecule has 15 heavy (non-hydrogen) atoms. The van der Waals surface area contributed by atoms with E-state index in [2.05, 4.69) is 11.1 Å². The Labute approximate surface area is 104 Å². The van der Waals surface area contributed by atoms with Gasteiger partial charge in [-0.15, -0.1) is 0 Å². The van der Waals surface area contributed by atoms with Crippen LogP contribution in [-0.2, 0) is 5.75 Å². The van der Waals surface area contributed by atoms with Crippen LogP contribution >= 0.6 is 35.0 Å². The largest absolute Gasteiger partial charge is 0.257 e. The second-order valence-corrected chi connectivity index (χ2v) is 4.85. The Morgan fingerprint density at radius 3 is 2.93 bits per heavy atom. The number of rotatable bonds is 5. The smallest absolute Gasteiger partial charge is 0.0689 e. The highest BCUT2D eigenvalue weighted by Gasteiger charge is 2.02. The summed E-state index contributed by atoms with van der Waals surface area (Å²) in [5, 5.41) is 9.51. The Morgan fingerprint density at radius 1 is 1.47 bits per heavy atom. The Balaban J connectivity index is 2.35. The van der Waals surface area contributed by atoms with E-state index in [0.717, 1.165) is 23.6 Å². The van der Waals surface area contributed by atoms with Gasteiger partial charge in [0.05, 0.1) is 21.8 Å². The number of hydrogen-bond acceptors (Lipinski definition) is 3. The van der Waals surface area contributed by atoms with Crippen LogP contribution < -0.4 is 0 Å². The molecule has 0 unspecified atom stereocenters. The van der Waals surface area contributed by atoms with Crippen molar-refractivity contribution in [2.75, 3.05) is 5.75 Å². The minimum Gasteiger partial charge on any atom is -0.257 e. The van der Waals surface area contributed by atoms with E-state index < -0.39 is 0 Å². The average molecular weight is 261 g/mol. The maximum atomic E-state index is 8.35. The average Bonchev–Trinajstić information content (AvgIpc) is 2.20. The van der Waals surface area contributed by atoms with Gasteiger partial charge in [-0.1, -0.05) is 23.2 Å². The number of thioether (sulfide) groups is 1. The summed E-state index contributed by atoms with van der Waals surface area (Å²) < 4.78 is 0. The molecule has 1 aromatic heterocycles. The standard InChI is InChI=1S/C10H10Cl2N2S/c11-8-5-9(12)10(14-6-8)7-15-4-2-1-3-13/h5-6H,1-2,4,7H2. The van der Waals surface area contributed by atoms with Crippen molar-refractivity contribution in [3.05, 3.63) is 28.0 Å². The Hall–Kier alpha value is -0.430. The van der Waals surface area contributed by atoms with E-state index in [1.54, 1.807) is 24.0 Å². The Morgan fingerprint density at radius 2 is 2.27 bits per heavy atom. The molecule has 0 aliphatic heterocycles. The highest BCUT2D eigenvalue weighted by Crippen LogP contribution is 2.22. The molecule has 0 radical (unpaired) electrons. The Bertz CT molecular complexity index is 363. The van der Waals surface area contributed by atoms with Crippen molar-refractivity contribution in [1.29, 1.82) is 5.26 Å². The monoisotopic (exact) mass is 260 g/mol. The number of nitriles is 1. The van der Waals surface area contributed by atoms with E-state index >= 15 is 0 Å². The molecule has 1 aromatic rings. The fourth-order valence-corrected chi connectivity index (χ4v) is 2.41. The maximum Gasteiger partial charge on any atom is 0.0689 e. The second kappa shape index (κ2) is 6.95. The van der Waals surface area contributed by atoms with E-state index in [0.29, 0.717) is 16.5 Å². The number of pyridine rings is 1. The predicted octanol–water partition coefficient (Wildman–Crippen LogP) is 3.93. The topological polar surface area (TPSA) is 36.7 Å². The first kappa shape index (κ1) is 12.6. The second-order valence-electron chi connectivity index (χ2n) is 2.90. The summed E-state index contributed by atoms with van der Waals surface area (Å²) in [4.78, 5) is 4.15. The lowest BCUT2D eigenvalue weighted by Gasteiger charge is -2.02. The summed E-state index contributed by atoms with van der Waals surface area (Å²) in [6.07, 6.45) is 3.11. The van der Waals surface area contributed by atoms with Crippen molar-refractivity contribution in [2.45, 2.75) is 18.6 Å². The molecule has 0 saturated carbocycles. The SMILES string of the molecule is N#CCCCSCc1ncc(Cl)cc1Cl. The van der Waals surface area contributed by atoms with Gasteiger partial charge in [0.2, 0.25) is 0 Å². The van der Waals surface area contributed by atoms with Crippen molar-refractivity contribution in [3.8, 4) is 6.07 Å². The van der Waals surface area contributed by atoms with Crippen LogP contribution in [0.25, 0.3) is 0 Å². The molecule has 5 heteroatoms. The van der Waals surface area contributed by atoms with Crippen molar-refractivity contribution in [1.82, 2.24) is 4.98 Å². The molecular formula is C10H10Cl2N2S. The lowest BCUT2D eigenvalue weighted by molar-refractivity contribution is 0.980. The van der Waals surface area contributed by atoms with Crippen LogP contribution in [0.1, 0.15) is 18.5 Å². The van der Waals surface area contributed by atoms with E-state index in [9.17, 15) is 0 Å². The van der Waals surface area contributed by atoms with Gasteiger partial charge in [0, 0.05) is 18.4 Å². The van der Waals surface area contributed by atoms with Gasteiger partial charge in [-0.25, -0.2) is 0 Å². The van der Waals surface area contributed by atoms with Crippen molar-refractivity contribution < 1.29 is 0 Å². The minimum absolute atomic E-state index is 0.554. The van der Waals surface area contributed by atoms with Crippen LogP contribution in [0.4, 0.5) is 0 Å². The van der Waals surface area contributed by atoms with Crippen LogP contribution in [0.2, 0.25) is 10.0 Å². The molecule has 0 spiro atoms. The zero-order valence-electron chi connectivity index (χ0n) is 8.04. The summed E-state index contributed by atoms with van der Waals surface area (Å²) in [5.74, 6) is 1.72. The normalized spacial score (nSPS) is 9.93. The quantitative estimate of drug-likeness (QED) is 0.753. The summed E-state index contributed by atoms with van der Waals surface area (Å²) in [6.45, 7) is 0. The molecule has 0 atom stereocenters. The fraction of sp³-hybridized carbons (Fsp3) is 0.400. The molecule has 80 valence electrons. The third kappa shape index (κ3) is 4.74. The third-order valence-corrected chi connectivity index (χ3v) is 3.29. The van der Waals surface area contributed by atoms with Crippen LogP contribution in [0.3, 0.4) is 0 Å². The molecule has 0 saturated heterocycles. The third-order valence-electron chi connectivity index (χ3n) is 1.70. The molecular weight excluding hydrogens is 251 g/mol. The highest BCUT2D eigenvalue weighted by atomic mass is 35.5. The summed E-state index contributed by atoms with van der Waals surface area (Å²) >= 11 is 13.4. The first-order valence-electron chi connectivity index (χ1n) is 4.48. The number of nitrogens with zero attached hydrogens (tertiary/aromatic N) is 2. The van der Waals surface area contributed by atoms with Crippen LogP contribution in [0, 0.1) is 11.3 Å². The van der Waals surface area contributed by atoms with Crippen LogP contribution in [0.15, 0.2) is 12.3 Å². The van der Waals surface area contributed by atoms with E-state index in [4.69, 9.17) is 28.5 Å². The zero-order valence-corrected chi connectivity index (χ0v) is 10.4. The number of aromatic nitrogens is 1. The lowest BCUT2D eigenvalue weighted by atomic mass is 10.4. The van der Waals surface area contributed by atoms with E-state index in [1.807, 2.05) is 0 Å². The Kier molecular flexibility index (Phi) is 5.85. The molecule has 0 amide bonds. The van der Waals surface area contributed by atoms with Crippen LogP contribution in [0.5, 0.6) is 0 Å². The molecule has 0 aliphatic rings. The van der Waals surface area contributed by atoms with Crippen molar-refractivity contribution in [2.24, 2.45) is 0 Å². The fourth-order valence-electron chi connectivity index (χ4n) is 0.971. The van der Waals surface area contributed by atoms with E-state index in [1.165, 1.54) is 0 Å². The van der Waals surface area contributed by atoms with Gasteiger partial charge >= 0.3 is 0 Å². The summed E-state index contributed by atoms with van der Waals surface area (Å²) in [7, 11) is 0. The molecule has 0 aromatic carbocycles.